The summed E-state index contributed by atoms with van der Waals surface area (Å²) in [6.45, 7) is -0.367. The highest BCUT2D eigenvalue weighted by Gasteiger charge is 2.15. The molecule has 3 N–H and O–H groups in total. The minimum absolute atomic E-state index is 0.296. The molecular weight excluding hydrogens is 195 g/mol. The van der Waals surface area contributed by atoms with Crippen molar-refractivity contribution in [1.82, 2.24) is 0 Å². The molecule has 2 nitrogen and oxygen atoms in total. The Labute approximate surface area is 79.2 Å². The van der Waals surface area contributed by atoms with E-state index in [1.807, 2.05) is 0 Å². The van der Waals surface area contributed by atoms with E-state index in [1.54, 1.807) is 0 Å². The van der Waals surface area contributed by atoms with Crippen molar-refractivity contribution in [2.24, 2.45) is 5.73 Å². The number of aliphatic hydroxyl groups is 1. The third kappa shape index (κ3) is 2.24. The van der Waals surface area contributed by atoms with Crippen molar-refractivity contribution in [3.05, 3.63) is 35.1 Å². The van der Waals surface area contributed by atoms with E-state index in [-0.39, 0.29) is 6.61 Å². The van der Waals surface area contributed by atoms with Gasteiger partial charge in [-0.25, -0.2) is 13.2 Å². The number of aliphatic hydroxyl groups excluding tert-OH is 1. The molecule has 0 aromatic heterocycles. The van der Waals surface area contributed by atoms with Gasteiger partial charge in [-0.3, -0.25) is 0 Å². The molecule has 14 heavy (non-hydrogen) atoms. The second kappa shape index (κ2) is 4.43. The lowest BCUT2D eigenvalue weighted by Crippen LogP contribution is -2.14. The van der Waals surface area contributed by atoms with Gasteiger partial charge in [0.05, 0.1) is 18.2 Å². The standard InChI is InChI=1S/C9H10F3NO/c10-7-2-1-5(8(13)4-14)3-6(7)9(11)12/h1-3,8-9,14H,4,13H2/t8-/m1/s1. The van der Waals surface area contributed by atoms with Crippen LogP contribution in [0, 0.1) is 5.82 Å². The van der Waals surface area contributed by atoms with Crippen LogP contribution in [0.4, 0.5) is 13.2 Å². The summed E-state index contributed by atoms with van der Waals surface area (Å²) in [7, 11) is 0. The first-order chi connectivity index (χ1) is 6.56. The zero-order chi connectivity index (χ0) is 10.7. The molecule has 0 aliphatic carbocycles. The van der Waals surface area contributed by atoms with Gasteiger partial charge in [0, 0.05) is 0 Å². The molecule has 0 spiro atoms. The van der Waals surface area contributed by atoms with Crippen molar-refractivity contribution in [2.45, 2.75) is 12.5 Å². The number of rotatable bonds is 3. The first kappa shape index (κ1) is 11.0. The van der Waals surface area contributed by atoms with Gasteiger partial charge in [0.2, 0.25) is 0 Å². The summed E-state index contributed by atoms with van der Waals surface area (Å²) < 4.78 is 37.3. The molecule has 5 heteroatoms. The highest BCUT2D eigenvalue weighted by Crippen LogP contribution is 2.24. The van der Waals surface area contributed by atoms with Crippen LogP contribution in [-0.2, 0) is 0 Å². The Morgan fingerprint density at radius 3 is 2.50 bits per heavy atom. The molecule has 1 atom stereocenters. The topological polar surface area (TPSA) is 46.2 Å². The largest absolute Gasteiger partial charge is 0.394 e. The molecular formula is C9H10F3NO. The van der Waals surface area contributed by atoms with E-state index in [1.165, 1.54) is 6.07 Å². The van der Waals surface area contributed by atoms with Crippen molar-refractivity contribution in [3.8, 4) is 0 Å². The second-order valence-corrected chi connectivity index (χ2v) is 2.87. The van der Waals surface area contributed by atoms with Crippen LogP contribution in [-0.4, -0.2) is 11.7 Å². The summed E-state index contributed by atoms with van der Waals surface area (Å²) in [5.74, 6) is -0.964. The van der Waals surface area contributed by atoms with Crippen LogP contribution in [0.3, 0.4) is 0 Å². The van der Waals surface area contributed by atoms with Gasteiger partial charge >= 0.3 is 0 Å². The third-order valence-electron chi connectivity index (χ3n) is 1.88. The van der Waals surface area contributed by atoms with E-state index in [9.17, 15) is 13.2 Å². The first-order valence-corrected chi connectivity index (χ1v) is 4.00. The maximum atomic E-state index is 12.8. The molecule has 0 fully saturated rings. The van der Waals surface area contributed by atoms with Crippen molar-refractivity contribution in [2.75, 3.05) is 6.61 Å². The minimum atomic E-state index is -2.87. The van der Waals surface area contributed by atoms with Crippen molar-refractivity contribution in [3.63, 3.8) is 0 Å². The number of hydrogen-bond acceptors (Lipinski definition) is 2. The molecule has 1 rings (SSSR count). The molecule has 0 saturated carbocycles. The number of halogens is 3. The third-order valence-corrected chi connectivity index (χ3v) is 1.88. The van der Waals surface area contributed by atoms with Crippen LogP contribution in [0.5, 0.6) is 0 Å². The normalized spacial score (nSPS) is 13.3. The summed E-state index contributed by atoms with van der Waals surface area (Å²) in [4.78, 5) is 0. The van der Waals surface area contributed by atoms with Crippen LogP contribution in [0.2, 0.25) is 0 Å². The van der Waals surface area contributed by atoms with Gasteiger partial charge < -0.3 is 10.8 Å². The minimum Gasteiger partial charge on any atom is -0.394 e. The molecule has 0 saturated heterocycles. The molecule has 0 amide bonds. The Morgan fingerprint density at radius 2 is 2.00 bits per heavy atom. The fourth-order valence-electron chi connectivity index (χ4n) is 1.07. The van der Waals surface area contributed by atoms with Crippen LogP contribution in [0.15, 0.2) is 18.2 Å². The SMILES string of the molecule is N[C@H](CO)c1ccc(F)c(C(F)F)c1. The van der Waals surface area contributed by atoms with Gasteiger partial charge in [-0.05, 0) is 17.7 Å². The summed E-state index contributed by atoms with van der Waals surface area (Å²) in [6, 6.07) is 2.42. The van der Waals surface area contributed by atoms with E-state index >= 15 is 0 Å². The van der Waals surface area contributed by atoms with Gasteiger partial charge in [-0.2, -0.15) is 0 Å². The smallest absolute Gasteiger partial charge is 0.266 e. The molecule has 78 valence electrons. The van der Waals surface area contributed by atoms with Gasteiger partial charge in [-0.1, -0.05) is 6.07 Å². The maximum absolute atomic E-state index is 12.8. The van der Waals surface area contributed by atoms with Crippen LogP contribution >= 0.6 is 0 Å². The Hall–Kier alpha value is -1.07. The van der Waals surface area contributed by atoms with Gasteiger partial charge in [0.1, 0.15) is 5.82 Å². The van der Waals surface area contributed by atoms with E-state index < -0.39 is 23.8 Å². The summed E-state index contributed by atoms with van der Waals surface area (Å²) in [5, 5.41) is 8.68. The number of hydrogen-bond donors (Lipinski definition) is 2. The van der Waals surface area contributed by atoms with E-state index in [2.05, 4.69) is 0 Å². The van der Waals surface area contributed by atoms with Gasteiger partial charge in [0.25, 0.3) is 6.43 Å². The summed E-state index contributed by atoms with van der Waals surface area (Å²) in [5.41, 5.74) is 5.00. The fraction of sp³-hybridized carbons (Fsp3) is 0.333. The Bertz CT molecular complexity index is 317. The maximum Gasteiger partial charge on any atom is 0.266 e. The molecule has 0 bridgehead atoms. The van der Waals surface area contributed by atoms with Gasteiger partial charge in [0.15, 0.2) is 0 Å². The number of alkyl halides is 2. The number of benzene rings is 1. The van der Waals surface area contributed by atoms with Crippen molar-refractivity contribution >= 4 is 0 Å². The second-order valence-electron chi connectivity index (χ2n) is 2.87. The quantitative estimate of drug-likeness (QED) is 0.789. The fourth-order valence-corrected chi connectivity index (χ4v) is 1.07. The van der Waals surface area contributed by atoms with Crippen LogP contribution in [0.25, 0.3) is 0 Å². The summed E-state index contributed by atoms with van der Waals surface area (Å²) in [6.07, 6.45) is -2.87. The van der Waals surface area contributed by atoms with Gasteiger partial charge in [-0.15, -0.1) is 0 Å². The molecule has 0 aliphatic rings. The molecule has 0 unspecified atom stereocenters. The van der Waals surface area contributed by atoms with Crippen LogP contribution < -0.4 is 5.73 Å². The molecule has 1 aromatic carbocycles. The Kier molecular flexibility index (Phi) is 3.49. The highest BCUT2D eigenvalue weighted by molar-refractivity contribution is 5.28. The zero-order valence-corrected chi connectivity index (χ0v) is 7.25. The van der Waals surface area contributed by atoms with Crippen molar-refractivity contribution < 1.29 is 18.3 Å². The lowest BCUT2D eigenvalue weighted by molar-refractivity contribution is 0.146. The van der Waals surface area contributed by atoms with E-state index in [4.69, 9.17) is 10.8 Å². The average Bonchev–Trinajstić information content (AvgIpc) is 2.17. The summed E-state index contributed by atoms with van der Waals surface area (Å²) >= 11 is 0. The number of nitrogens with two attached hydrogens (primary N) is 1. The zero-order valence-electron chi connectivity index (χ0n) is 7.25. The molecule has 1 aromatic rings. The molecule has 0 heterocycles. The Morgan fingerprint density at radius 1 is 1.36 bits per heavy atom. The lowest BCUT2D eigenvalue weighted by Gasteiger charge is -2.10. The molecule has 0 radical (unpaired) electrons. The predicted molar refractivity (Wildman–Crippen MR) is 45.4 cm³/mol. The highest BCUT2D eigenvalue weighted by atomic mass is 19.3. The lowest BCUT2D eigenvalue weighted by atomic mass is 10.0. The predicted octanol–water partition coefficient (Wildman–Crippen LogP) is 1.76. The van der Waals surface area contributed by atoms with Crippen LogP contribution in [0.1, 0.15) is 23.6 Å². The first-order valence-electron chi connectivity index (χ1n) is 4.00. The molecule has 0 aliphatic heterocycles. The van der Waals surface area contributed by atoms with Crippen molar-refractivity contribution in [1.29, 1.82) is 0 Å². The van der Waals surface area contributed by atoms with E-state index in [0.717, 1.165) is 12.1 Å². The monoisotopic (exact) mass is 205 g/mol. The average molecular weight is 205 g/mol. The van der Waals surface area contributed by atoms with E-state index in [0.29, 0.717) is 5.56 Å². The Balaban J connectivity index is 3.06.